The third-order valence-electron chi connectivity index (χ3n) is 0.267. The quantitative estimate of drug-likeness (QED) is 0.363. The van der Waals surface area contributed by atoms with E-state index in [0.717, 1.165) is 6.08 Å². The Morgan fingerprint density at radius 3 is 2.50 bits per heavy atom. The zero-order chi connectivity index (χ0) is 4.99. The number of carbonyl (C=O) groups excluding carboxylic acids is 1. The Morgan fingerprint density at radius 2 is 2.50 bits per heavy atom. The van der Waals surface area contributed by atoms with Crippen LogP contribution in [0.3, 0.4) is 0 Å². The molecule has 0 aromatic rings. The average molecular weight is 119 g/mol. The molecule has 0 rings (SSSR count). The third kappa shape index (κ3) is 2.18. The Balaban J connectivity index is 3.23. The molecule has 0 amide bonds. The van der Waals surface area contributed by atoms with Crippen molar-refractivity contribution in [2.45, 2.75) is 0 Å². The Bertz CT molecular complexity index is 69.2. The molecule has 0 heterocycles. The molecule has 0 saturated heterocycles. The number of carbonyl (C=O) groups is 1. The van der Waals surface area contributed by atoms with Crippen molar-refractivity contribution >= 4 is 5.97 Å². The van der Waals surface area contributed by atoms with Crippen LogP contribution in [-0.2, 0) is 28.9 Å². The molecular weight excluding hydrogens is 116 g/mol. The summed E-state index contributed by atoms with van der Waals surface area (Å²) < 4.78 is 4.14. The summed E-state index contributed by atoms with van der Waals surface area (Å²) in [4.78, 5) is 9.84. The van der Waals surface area contributed by atoms with Crippen molar-refractivity contribution in [2.75, 3.05) is 0 Å². The predicted molar refractivity (Wildman–Crippen MR) is 16.3 cm³/mol. The SMILES string of the molecule is C=CC(=O)[O][Ti]. The van der Waals surface area contributed by atoms with Gasteiger partial charge in [0, 0.05) is 0 Å². The van der Waals surface area contributed by atoms with Gasteiger partial charge in [-0.15, -0.1) is 0 Å². The normalized spacial score (nSPS) is 6.50. The minimum atomic E-state index is -0.394. The van der Waals surface area contributed by atoms with Gasteiger partial charge in [-0.3, -0.25) is 0 Å². The van der Waals surface area contributed by atoms with Gasteiger partial charge in [-0.2, -0.15) is 0 Å². The molecule has 0 atom stereocenters. The number of hydrogen-bond acceptors (Lipinski definition) is 2. The van der Waals surface area contributed by atoms with Gasteiger partial charge in [0.05, 0.1) is 0 Å². The van der Waals surface area contributed by atoms with Gasteiger partial charge in [-0.05, 0) is 0 Å². The van der Waals surface area contributed by atoms with Gasteiger partial charge in [-0.25, -0.2) is 0 Å². The summed E-state index contributed by atoms with van der Waals surface area (Å²) in [5.41, 5.74) is 0. The molecular formula is C3H3O2Ti. The van der Waals surface area contributed by atoms with Crippen molar-refractivity contribution in [3.8, 4) is 0 Å². The second-order valence-corrected chi connectivity index (χ2v) is 0.944. The molecule has 2 nitrogen and oxygen atoms in total. The molecule has 0 aliphatic heterocycles. The van der Waals surface area contributed by atoms with Crippen LogP contribution in [0, 0.1) is 0 Å². The molecule has 6 heavy (non-hydrogen) atoms. The van der Waals surface area contributed by atoms with Gasteiger partial charge in [0.25, 0.3) is 0 Å². The van der Waals surface area contributed by atoms with Crippen molar-refractivity contribution in [2.24, 2.45) is 0 Å². The molecule has 0 aromatic heterocycles. The van der Waals surface area contributed by atoms with Crippen molar-refractivity contribution in [1.82, 2.24) is 0 Å². The fourth-order valence-electron chi connectivity index (χ4n) is 0.0417. The second kappa shape index (κ2) is 3.13. The van der Waals surface area contributed by atoms with Crippen LogP contribution in [0.4, 0.5) is 0 Å². The third-order valence-corrected chi connectivity index (χ3v) is 0.581. The van der Waals surface area contributed by atoms with E-state index in [0.29, 0.717) is 0 Å². The van der Waals surface area contributed by atoms with E-state index in [1.54, 1.807) is 0 Å². The molecule has 0 saturated carbocycles. The molecule has 0 unspecified atom stereocenters. The van der Waals surface area contributed by atoms with Crippen LogP contribution in [0.2, 0.25) is 0 Å². The van der Waals surface area contributed by atoms with Crippen molar-refractivity contribution in [3.05, 3.63) is 12.7 Å². The summed E-state index contributed by atoms with van der Waals surface area (Å²) in [5.74, 6) is -0.394. The molecule has 0 spiro atoms. The van der Waals surface area contributed by atoms with Crippen LogP contribution in [0.1, 0.15) is 0 Å². The fourth-order valence-corrected chi connectivity index (χ4v) is 0.172. The minimum absolute atomic E-state index is 0.394. The summed E-state index contributed by atoms with van der Waals surface area (Å²) in [6.07, 6.45) is 1.11. The van der Waals surface area contributed by atoms with Crippen molar-refractivity contribution < 1.29 is 28.9 Å². The monoisotopic (exact) mass is 119 g/mol. The topological polar surface area (TPSA) is 26.3 Å². The maximum atomic E-state index is 9.84. The molecule has 0 aliphatic carbocycles. The van der Waals surface area contributed by atoms with Crippen LogP contribution < -0.4 is 0 Å². The first-order valence-electron chi connectivity index (χ1n) is 1.31. The molecule has 0 fully saturated rings. The van der Waals surface area contributed by atoms with E-state index in [4.69, 9.17) is 0 Å². The van der Waals surface area contributed by atoms with Gasteiger partial charge in [-0.1, -0.05) is 0 Å². The van der Waals surface area contributed by atoms with Crippen LogP contribution >= 0.6 is 0 Å². The summed E-state index contributed by atoms with van der Waals surface area (Å²) in [5, 5.41) is 0. The molecule has 0 aromatic carbocycles. The van der Waals surface area contributed by atoms with E-state index in [2.05, 4.69) is 9.90 Å². The first-order chi connectivity index (χ1) is 2.81. The number of rotatable bonds is 1. The Morgan fingerprint density at radius 1 is 2.00 bits per heavy atom. The van der Waals surface area contributed by atoms with Crippen LogP contribution in [0.5, 0.6) is 0 Å². The Labute approximate surface area is 48.1 Å². The molecule has 0 bridgehead atoms. The van der Waals surface area contributed by atoms with E-state index in [1.807, 2.05) is 0 Å². The van der Waals surface area contributed by atoms with Crippen LogP contribution in [0.15, 0.2) is 12.7 Å². The van der Waals surface area contributed by atoms with E-state index < -0.39 is 5.97 Å². The summed E-state index contributed by atoms with van der Waals surface area (Å²) in [6.45, 7) is 3.16. The first-order valence-corrected chi connectivity index (χ1v) is 1.95. The fraction of sp³-hybridized carbons (Fsp3) is 0. The summed E-state index contributed by atoms with van der Waals surface area (Å²) in [6, 6.07) is 0. The zero-order valence-electron chi connectivity index (χ0n) is 3.10. The van der Waals surface area contributed by atoms with E-state index in [1.165, 1.54) is 20.8 Å². The van der Waals surface area contributed by atoms with Gasteiger partial charge in [0.1, 0.15) is 0 Å². The van der Waals surface area contributed by atoms with E-state index >= 15 is 0 Å². The van der Waals surface area contributed by atoms with E-state index in [9.17, 15) is 4.79 Å². The molecule has 0 radical (unpaired) electrons. The van der Waals surface area contributed by atoms with Gasteiger partial charge >= 0.3 is 47.6 Å². The molecule has 31 valence electrons. The average Bonchev–Trinajstić information content (AvgIpc) is 1.65. The van der Waals surface area contributed by atoms with Gasteiger partial charge in [0.2, 0.25) is 0 Å². The standard InChI is InChI=1S/C3H4O2.Ti/c1-2-3(4)5;/h2H,1H2,(H,4,5);/q;+1/p-1. The summed E-state index contributed by atoms with van der Waals surface area (Å²) in [7, 11) is 0. The first kappa shape index (κ1) is 5.92. The van der Waals surface area contributed by atoms with Crippen LogP contribution in [-0.4, -0.2) is 5.97 Å². The number of hydrogen-bond donors (Lipinski definition) is 0. The Kier molecular flexibility index (Phi) is 3.09. The molecule has 0 aliphatic rings. The van der Waals surface area contributed by atoms with E-state index in [-0.39, 0.29) is 0 Å². The zero-order valence-corrected chi connectivity index (χ0v) is 4.66. The van der Waals surface area contributed by atoms with Gasteiger partial charge in [0.15, 0.2) is 0 Å². The van der Waals surface area contributed by atoms with Crippen LogP contribution in [0.25, 0.3) is 0 Å². The molecule has 3 heteroatoms. The molecule has 0 N–H and O–H groups in total. The predicted octanol–water partition coefficient (Wildman–Crippen LogP) is 0.177. The Hall–Kier alpha value is -0.0757. The van der Waals surface area contributed by atoms with Crippen molar-refractivity contribution in [1.29, 1.82) is 0 Å². The maximum absolute atomic E-state index is 9.84. The summed E-state index contributed by atoms with van der Waals surface area (Å²) >= 11 is 1.31. The second-order valence-electron chi connectivity index (χ2n) is 0.625. The van der Waals surface area contributed by atoms with Gasteiger partial charge < -0.3 is 0 Å². The van der Waals surface area contributed by atoms with Crippen molar-refractivity contribution in [3.63, 3.8) is 0 Å².